The third kappa shape index (κ3) is 0.813. The fraction of sp³-hybridized carbons (Fsp3) is 0.800. The monoisotopic (exact) mass is 218 g/mol. The Morgan fingerprint density at radius 3 is 2.75 bits per heavy atom. The minimum absolute atomic E-state index is 0.180. The maximum atomic E-state index is 11.4. The van der Waals surface area contributed by atoms with Crippen molar-refractivity contribution in [1.82, 2.24) is 0 Å². The molecule has 0 aromatic heterocycles. The van der Waals surface area contributed by atoms with Crippen LogP contribution in [0.15, 0.2) is 11.6 Å². The lowest BCUT2D eigenvalue weighted by Crippen LogP contribution is -2.43. The Labute approximate surface area is 98.3 Å². The molecule has 2 saturated carbocycles. The number of rotatable bonds is 1. The first-order valence-electron chi connectivity index (χ1n) is 6.69. The predicted octanol–water partition coefficient (Wildman–Crippen LogP) is 3.74. The van der Waals surface area contributed by atoms with Crippen molar-refractivity contribution in [2.24, 2.45) is 22.2 Å². The summed E-state index contributed by atoms with van der Waals surface area (Å²) in [5.41, 5.74) is 1.99. The molecule has 0 radical (unpaired) electrons. The molecule has 1 heteroatoms. The highest BCUT2D eigenvalue weighted by Gasteiger charge is 2.69. The molecule has 4 atom stereocenters. The van der Waals surface area contributed by atoms with Gasteiger partial charge in [-0.15, -0.1) is 0 Å². The standard InChI is InChI=1S/C15H22O/c1-11-5-8-14(3)12(10-16)9-13(2)6-4-7-15(11,13)14/h9-11H,4-8H2,1-3H3. The van der Waals surface area contributed by atoms with E-state index in [1.54, 1.807) is 0 Å². The van der Waals surface area contributed by atoms with Gasteiger partial charge in [0.15, 0.2) is 0 Å². The van der Waals surface area contributed by atoms with Gasteiger partial charge in [0.25, 0.3) is 0 Å². The van der Waals surface area contributed by atoms with E-state index in [9.17, 15) is 4.79 Å². The molecule has 16 heavy (non-hydrogen) atoms. The average Bonchev–Trinajstić information content (AvgIpc) is 2.77. The summed E-state index contributed by atoms with van der Waals surface area (Å²) in [5.74, 6) is 0.777. The van der Waals surface area contributed by atoms with E-state index < -0.39 is 0 Å². The number of carbonyl (C=O) groups is 1. The van der Waals surface area contributed by atoms with Gasteiger partial charge < -0.3 is 0 Å². The van der Waals surface area contributed by atoms with Crippen molar-refractivity contribution in [2.75, 3.05) is 0 Å². The molecule has 3 aliphatic rings. The second-order valence-corrected chi connectivity index (χ2v) is 6.73. The van der Waals surface area contributed by atoms with Crippen LogP contribution < -0.4 is 0 Å². The van der Waals surface area contributed by atoms with Gasteiger partial charge >= 0.3 is 0 Å². The molecule has 1 spiro atoms. The third-order valence-electron chi connectivity index (χ3n) is 6.43. The largest absolute Gasteiger partial charge is 0.298 e. The summed E-state index contributed by atoms with van der Waals surface area (Å²) in [4.78, 5) is 11.4. The summed E-state index contributed by atoms with van der Waals surface area (Å²) in [6.45, 7) is 7.17. The molecule has 0 bridgehead atoms. The van der Waals surface area contributed by atoms with Crippen LogP contribution in [0.4, 0.5) is 0 Å². The Bertz CT molecular complexity index is 383. The molecule has 88 valence electrons. The maximum Gasteiger partial charge on any atom is 0.146 e. The highest BCUT2D eigenvalue weighted by Crippen LogP contribution is 2.77. The van der Waals surface area contributed by atoms with Gasteiger partial charge in [0.2, 0.25) is 0 Å². The molecule has 4 unspecified atom stereocenters. The van der Waals surface area contributed by atoms with E-state index in [0.29, 0.717) is 10.8 Å². The van der Waals surface area contributed by atoms with Crippen LogP contribution in [0.25, 0.3) is 0 Å². The molecule has 2 fully saturated rings. The molecule has 0 saturated heterocycles. The molecule has 3 rings (SSSR count). The van der Waals surface area contributed by atoms with E-state index >= 15 is 0 Å². The molecular weight excluding hydrogens is 196 g/mol. The first-order chi connectivity index (χ1) is 7.50. The lowest BCUT2D eigenvalue weighted by Gasteiger charge is -2.47. The quantitative estimate of drug-likeness (QED) is 0.613. The van der Waals surface area contributed by atoms with Crippen molar-refractivity contribution in [3.8, 4) is 0 Å². The molecule has 3 aliphatic carbocycles. The lowest BCUT2D eigenvalue weighted by molar-refractivity contribution is -0.106. The van der Waals surface area contributed by atoms with Crippen molar-refractivity contribution < 1.29 is 4.79 Å². The molecule has 1 nitrogen and oxygen atoms in total. The summed E-state index contributed by atoms with van der Waals surface area (Å²) >= 11 is 0. The van der Waals surface area contributed by atoms with Crippen LogP contribution in [0.1, 0.15) is 52.9 Å². The number of aldehydes is 1. The van der Waals surface area contributed by atoms with Crippen LogP contribution in [-0.2, 0) is 4.79 Å². The molecule has 0 heterocycles. The zero-order chi connectivity index (χ0) is 11.6. The van der Waals surface area contributed by atoms with E-state index in [1.807, 2.05) is 0 Å². The number of hydrogen-bond acceptors (Lipinski definition) is 1. The highest BCUT2D eigenvalue weighted by molar-refractivity contribution is 5.78. The Morgan fingerprint density at radius 1 is 1.31 bits per heavy atom. The lowest BCUT2D eigenvalue weighted by atomic mass is 9.55. The van der Waals surface area contributed by atoms with Gasteiger partial charge in [-0.1, -0.05) is 33.3 Å². The zero-order valence-corrected chi connectivity index (χ0v) is 10.7. The van der Waals surface area contributed by atoms with Gasteiger partial charge in [-0.2, -0.15) is 0 Å². The second-order valence-electron chi connectivity index (χ2n) is 6.73. The molecular formula is C15H22O. The van der Waals surface area contributed by atoms with Gasteiger partial charge in [-0.3, -0.25) is 4.79 Å². The van der Waals surface area contributed by atoms with E-state index in [0.717, 1.165) is 17.8 Å². The van der Waals surface area contributed by atoms with Crippen molar-refractivity contribution in [3.63, 3.8) is 0 Å². The Kier molecular flexibility index (Phi) is 1.85. The molecule has 0 N–H and O–H groups in total. The Hall–Kier alpha value is -0.590. The topological polar surface area (TPSA) is 17.1 Å². The summed E-state index contributed by atoms with van der Waals surface area (Å²) < 4.78 is 0. The molecule has 0 aromatic rings. The second kappa shape index (κ2) is 2.80. The Balaban J connectivity index is 2.23. The van der Waals surface area contributed by atoms with Gasteiger partial charge in [0, 0.05) is 5.41 Å². The van der Waals surface area contributed by atoms with Crippen LogP contribution in [-0.4, -0.2) is 6.29 Å². The van der Waals surface area contributed by atoms with E-state index in [2.05, 4.69) is 26.8 Å². The average molecular weight is 218 g/mol. The fourth-order valence-electron chi connectivity index (χ4n) is 5.75. The number of carbonyl (C=O) groups excluding carboxylic acids is 1. The van der Waals surface area contributed by atoms with Crippen molar-refractivity contribution in [2.45, 2.75) is 52.9 Å². The van der Waals surface area contributed by atoms with Crippen LogP contribution in [0.5, 0.6) is 0 Å². The summed E-state index contributed by atoms with van der Waals surface area (Å²) in [5, 5.41) is 0. The molecule has 0 aliphatic heterocycles. The summed E-state index contributed by atoms with van der Waals surface area (Å²) in [6.07, 6.45) is 9.95. The minimum atomic E-state index is 0.180. The third-order valence-corrected chi connectivity index (χ3v) is 6.43. The summed E-state index contributed by atoms with van der Waals surface area (Å²) in [7, 11) is 0. The van der Waals surface area contributed by atoms with Crippen LogP contribution in [0, 0.1) is 22.2 Å². The smallest absolute Gasteiger partial charge is 0.146 e. The summed E-state index contributed by atoms with van der Waals surface area (Å²) in [6, 6.07) is 0. The maximum absolute atomic E-state index is 11.4. The SMILES string of the molecule is CC1CCC2(C)C(C=O)=CC3(C)CCCC132. The first-order valence-corrected chi connectivity index (χ1v) is 6.69. The normalized spacial score (nSPS) is 54.7. The predicted molar refractivity (Wildman–Crippen MR) is 65.0 cm³/mol. The van der Waals surface area contributed by atoms with Gasteiger partial charge in [0.1, 0.15) is 6.29 Å². The van der Waals surface area contributed by atoms with Crippen LogP contribution in [0.2, 0.25) is 0 Å². The van der Waals surface area contributed by atoms with Crippen molar-refractivity contribution in [1.29, 1.82) is 0 Å². The van der Waals surface area contributed by atoms with Gasteiger partial charge in [-0.25, -0.2) is 0 Å². The molecule has 0 aromatic carbocycles. The molecule has 0 amide bonds. The Morgan fingerprint density at radius 2 is 2.06 bits per heavy atom. The first kappa shape index (κ1) is 10.6. The number of allylic oxidation sites excluding steroid dienone is 2. The zero-order valence-electron chi connectivity index (χ0n) is 10.7. The van der Waals surface area contributed by atoms with E-state index in [4.69, 9.17) is 0 Å². The van der Waals surface area contributed by atoms with E-state index in [-0.39, 0.29) is 5.41 Å². The highest BCUT2D eigenvalue weighted by atomic mass is 16.1. The van der Waals surface area contributed by atoms with Crippen LogP contribution >= 0.6 is 0 Å². The van der Waals surface area contributed by atoms with Gasteiger partial charge in [0.05, 0.1) is 0 Å². The van der Waals surface area contributed by atoms with Crippen molar-refractivity contribution >= 4 is 6.29 Å². The van der Waals surface area contributed by atoms with E-state index in [1.165, 1.54) is 32.1 Å². The fourth-order valence-corrected chi connectivity index (χ4v) is 5.75. The van der Waals surface area contributed by atoms with Crippen LogP contribution in [0.3, 0.4) is 0 Å². The van der Waals surface area contributed by atoms with Crippen molar-refractivity contribution in [3.05, 3.63) is 11.6 Å². The van der Waals surface area contributed by atoms with Gasteiger partial charge in [-0.05, 0) is 48.0 Å². The number of hydrogen-bond donors (Lipinski definition) is 0. The minimum Gasteiger partial charge on any atom is -0.298 e.